The van der Waals surface area contributed by atoms with Gasteiger partial charge in [0.05, 0.1) is 181 Å². The summed E-state index contributed by atoms with van der Waals surface area (Å²) in [5.74, 6) is -0.422. The molecule has 2 saturated heterocycles. The molecule has 482 valence electrons. The number of amides is 1. The van der Waals surface area contributed by atoms with Crippen LogP contribution < -0.4 is 5.73 Å². The van der Waals surface area contributed by atoms with Gasteiger partial charge in [0.15, 0.2) is 12.6 Å². The summed E-state index contributed by atoms with van der Waals surface area (Å²) in [6.45, 7) is 9.41. The first-order valence-corrected chi connectivity index (χ1v) is 31.1. The standard InChI is InChI=1S/C47H88N8O26P2/c48-39(56)3-11-69-19-25-75-26-20-70-14-6-53(7-15-71-21-27-76-29-23-73-17-9-54-33-35(49-51-54)1-12-78-46-44(61)42(59)40(57)37(80-46)4-31-82(63,64)65)8-16-72-22-28-77-30-24-74-18-10-55-34-36(50-52-55)2-13-79-47-45(62)43(60)41(58)38(81-47)5-32-83(66,67)68/h33-34,37-38,40-47,57-62H,1-32H2,(H2,48,56)(H2,63,64,65)(H2,66,67,68)/t37-,38-,40-,41-,42+,43+,44+,45+,46+,47+/m1/s1. The van der Waals surface area contributed by atoms with E-state index in [1.165, 1.54) is 0 Å². The van der Waals surface area contributed by atoms with E-state index in [0.717, 1.165) is 0 Å². The molecule has 0 unspecified atom stereocenters. The summed E-state index contributed by atoms with van der Waals surface area (Å²) in [6, 6.07) is 0. The van der Waals surface area contributed by atoms with E-state index in [-0.39, 0.29) is 51.9 Å². The Hall–Kier alpha value is -2.75. The van der Waals surface area contributed by atoms with Gasteiger partial charge in [0.1, 0.15) is 36.6 Å². The molecule has 0 spiro atoms. The number of nitrogens with two attached hydrogens (primary N) is 1. The summed E-state index contributed by atoms with van der Waals surface area (Å²) in [4.78, 5) is 49.6. The molecule has 2 fully saturated rings. The van der Waals surface area contributed by atoms with E-state index in [1.54, 1.807) is 21.8 Å². The van der Waals surface area contributed by atoms with Crippen LogP contribution in [0.3, 0.4) is 0 Å². The zero-order chi connectivity index (χ0) is 60.3. The topological polar surface area (TPSA) is 464 Å². The summed E-state index contributed by atoms with van der Waals surface area (Å²) >= 11 is 0. The largest absolute Gasteiger partial charge is 0.388 e. The molecule has 34 nitrogen and oxygen atoms in total. The fourth-order valence-corrected chi connectivity index (χ4v) is 9.07. The lowest BCUT2D eigenvalue weighted by atomic mass is 9.97. The Morgan fingerprint density at radius 3 is 1.14 bits per heavy atom. The number of ether oxygens (including phenoxy) is 13. The molecule has 0 aromatic carbocycles. The van der Waals surface area contributed by atoms with Crippen molar-refractivity contribution in [2.24, 2.45) is 5.73 Å². The average molecular weight is 1240 g/mol. The maximum atomic E-state index is 11.3. The Morgan fingerprint density at radius 1 is 0.482 bits per heavy atom. The molecule has 2 aromatic rings. The van der Waals surface area contributed by atoms with Crippen molar-refractivity contribution >= 4 is 21.1 Å². The molecule has 0 bridgehead atoms. The van der Waals surface area contributed by atoms with Gasteiger partial charge in [-0.25, -0.2) is 9.36 Å². The number of aromatic nitrogens is 6. The number of hydrogen-bond donors (Lipinski definition) is 11. The Labute approximate surface area is 480 Å². The Balaban J connectivity index is 1.00. The van der Waals surface area contributed by atoms with Gasteiger partial charge >= 0.3 is 15.2 Å². The van der Waals surface area contributed by atoms with Crippen molar-refractivity contribution in [3.8, 4) is 0 Å². The van der Waals surface area contributed by atoms with Crippen LogP contribution in [-0.2, 0) is 101 Å². The number of primary amides is 1. The highest BCUT2D eigenvalue weighted by molar-refractivity contribution is 7.52. The number of rotatable bonds is 50. The van der Waals surface area contributed by atoms with E-state index in [9.17, 15) is 44.6 Å². The zero-order valence-corrected chi connectivity index (χ0v) is 48.5. The van der Waals surface area contributed by atoms with Crippen molar-refractivity contribution in [2.45, 2.75) is 107 Å². The van der Waals surface area contributed by atoms with E-state index >= 15 is 0 Å². The van der Waals surface area contributed by atoms with Gasteiger partial charge in [-0.1, -0.05) is 10.4 Å². The minimum Gasteiger partial charge on any atom is -0.388 e. The fraction of sp³-hybridized carbons (Fsp3) is 0.894. The maximum Gasteiger partial charge on any atom is 0.325 e. The van der Waals surface area contributed by atoms with Crippen LogP contribution >= 0.6 is 15.2 Å². The molecule has 2 aliphatic heterocycles. The van der Waals surface area contributed by atoms with Gasteiger partial charge in [-0.2, -0.15) is 0 Å². The highest BCUT2D eigenvalue weighted by Gasteiger charge is 2.46. The van der Waals surface area contributed by atoms with Crippen molar-refractivity contribution in [3.05, 3.63) is 23.8 Å². The second kappa shape index (κ2) is 41.4. The van der Waals surface area contributed by atoms with Crippen molar-refractivity contribution in [3.63, 3.8) is 0 Å². The summed E-state index contributed by atoms with van der Waals surface area (Å²) in [7, 11) is -8.74. The molecule has 4 rings (SSSR count). The van der Waals surface area contributed by atoms with Crippen LogP contribution in [0.25, 0.3) is 0 Å². The van der Waals surface area contributed by atoms with Gasteiger partial charge in [0.2, 0.25) is 5.91 Å². The van der Waals surface area contributed by atoms with Gasteiger partial charge in [-0.05, 0) is 12.8 Å². The smallest absolute Gasteiger partial charge is 0.325 e. The third-order valence-corrected chi connectivity index (χ3v) is 14.2. The second-order valence-corrected chi connectivity index (χ2v) is 22.7. The molecule has 4 heterocycles. The number of aliphatic hydroxyl groups excluding tert-OH is 6. The van der Waals surface area contributed by atoms with Crippen molar-refractivity contribution in [1.29, 1.82) is 0 Å². The molecule has 83 heavy (non-hydrogen) atoms. The number of aliphatic hydroxyl groups is 6. The molecule has 1 amide bonds. The molecule has 0 radical (unpaired) electrons. The first-order valence-electron chi connectivity index (χ1n) is 27.5. The van der Waals surface area contributed by atoms with Gasteiger partial charge < -0.3 is 118 Å². The van der Waals surface area contributed by atoms with Crippen LogP contribution in [0.5, 0.6) is 0 Å². The van der Waals surface area contributed by atoms with Gasteiger partial charge in [-0.15, -0.1) is 10.2 Å². The van der Waals surface area contributed by atoms with Crippen molar-refractivity contribution in [1.82, 2.24) is 34.9 Å². The highest BCUT2D eigenvalue weighted by Crippen LogP contribution is 2.38. The van der Waals surface area contributed by atoms with Crippen molar-refractivity contribution in [2.75, 3.05) is 164 Å². The van der Waals surface area contributed by atoms with Crippen LogP contribution in [0.2, 0.25) is 0 Å². The zero-order valence-electron chi connectivity index (χ0n) is 46.7. The molecule has 10 atom stereocenters. The van der Waals surface area contributed by atoms with Gasteiger partial charge in [0.25, 0.3) is 0 Å². The third-order valence-electron chi connectivity index (χ3n) is 12.5. The Kier molecular flexibility index (Phi) is 36.3. The minimum absolute atomic E-state index is 0.0163. The van der Waals surface area contributed by atoms with Gasteiger partial charge in [-0.3, -0.25) is 18.8 Å². The van der Waals surface area contributed by atoms with E-state index < -0.39 is 94.8 Å². The third kappa shape index (κ3) is 32.2. The molecule has 2 aromatic heterocycles. The summed E-state index contributed by atoms with van der Waals surface area (Å²) in [5, 5.41) is 77.6. The van der Waals surface area contributed by atoms with E-state index in [0.29, 0.717) is 156 Å². The number of carbonyl (C=O) groups is 1. The van der Waals surface area contributed by atoms with E-state index in [2.05, 4.69) is 25.5 Å². The van der Waals surface area contributed by atoms with E-state index in [4.69, 9.17) is 86.9 Å². The Bertz CT molecular complexity index is 1970. The summed E-state index contributed by atoms with van der Waals surface area (Å²) in [6.07, 6.45) is -11.9. The highest BCUT2D eigenvalue weighted by atomic mass is 31.2. The second-order valence-electron chi connectivity index (χ2n) is 19.1. The number of hydrogen-bond acceptors (Lipinski definition) is 27. The fourth-order valence-electron chi connectivity index (χ4n) is 7.89. The monoisotopic (exact) mass is 1240 g/mol. The van der Waals surface area contributed by atoms with Crippen LogP contribution in [-0.4, -0.2) is 317 Å². The van der Waals surface area contributed by atoms with Crippen molar-refractivity contribution < 1.29 is 126 Å². The first kappa shape index (κ1) is 72.7. The maximum absolute atomic E-state index is 11.3. The normalized spacial score (nSPS) is 23.4. The van der Waals surface area contributed by atoms with Gasteiger partial charge in [0, 0.05) is 51.3 Å². The SMILES string of the molecule is NC(=O)CCOCCOCCOCCN(CCOCCOCCOCCn1cc(CCO[C@H]2O[C@H](CCP(=O)(O)O)[C@@H](O)[C@H](O)[C@@H]2O)nn1)CCOCCOCCOCCn1cc(CCO[C@H]2O[C@H](CCP(=O)(O)O)[C@@H](O)[C@H](O)[C@@H]2O)nn1. The lowest BCUT2D eigenvalue weighted by Gasteiger charge is -2.40. The lowest BCUT2D eigenvalue weighted by molar-refractivity contribution is -0.296. The molecule has 0 aliphatic carbocycles. The summed E-state index contributed by atoms with van der Waals surface area (Å²) < 4.78 is 98.7. The first-order chi connectivity index (χ1) is 39.8. The molecular weight excluding hydrogens is 1150 g/mol. The van der Waals surface area contributed by atoms with Crippen LogP contribution in [0, 0.1) is 0 Å². The lowest BCUT2D eigenvalue weighted by Crippen LogP contribution is -2.58. The predicted octanol–water partition coefficient (Wildman–Crippen LogP) is -5.23. The molecule has 36 heteroatoms. The van der Waals surface area contributed by atoms with Crippen LogP contribution in [0.15, 0.2) is 12.4 Å². The molecule has 0 saturated carbocycles. The average Bonchev–Trinajstić information content (AvgIpc) is 4.28. The Morgan fingerprint density at radius 2 is 0.807 bits per heavy atom. The van der Waals surface area contributed by atoms with Crippen LogP contribution in [0.4, 0.5) is 0 Å². The number of carbonyl (C=O) groups excluding carboxylic acids is 1. The minimum atomic E-state index is -4.37. The molecule has 12 N–H and O–H groups in total. The molecule has 2 aliphatic rings. The van der Waals surface area contributed by atoms with E-state index in [1.807, 2.05) is 0 Å². The predicted molar refractivity (Wildman–Crippen MR) is 283 cm³/mol. The molecular formula is C47H88N8O26P2. The van der Waals surface area contributed by atoms with Crippen LogP contribution in [0.1, 0.15) is 30.7 Å². The summed E-state index contributed by atoms with van der Waals surface area (Å²) in [5.41, 5.74) is 6.26. The quantitative estimate of drug-likeness (QED) is 0.0218. The number of nitrogens with zero attached hydrogens (tertiary/aromatic N) is 7.